The third kappa shape index (κ3) is 3.57. The summed E-state index contributed by atoms with van der Waals surface area (Å²) >= 11 is 3.28. The first-order chi connectivity index (χ1) is 7.66. The van der Waals surface area contributed by atoms with Gasteiger partial charge in [-0.05, 0) is 47.4 Å². The Labute approximate surface area is 103 Å². The van der Waals surface area contributed by atoms with Crippen LogP contribution in [0.4, 0.5) is 5.69 Å². The van der Waals surface area contributed by atoms with Gasteiger partial charge in [0.05, 0.1) is 9.40 Å². The van der Waals surface area contributed by atoms with Crippen LogP contribution in [0.2, 0.25) is 0 Å². The van der Waals surface area contributed by atoms with Gasteiger partial charge in [-0.3, -0.25) is 10.1 Å². The first-order valence-electron chi connectivity index (χ1n) is 5.29. The summed E-state index contributed by atoms with van der Waals surface area (Å²) in [6, 6.07) is 5.13. The molecule has 0 spiro atoms. The summed E-state index contributed by atoms with van der Waals surface area (Å²) in [5.74, 6) is 0. The lowest BCUT2D eigenvalue weighted by molar-refractivity contribution is -0.385. The average Bonchev–Trinajstić information content (AvgIpc) is 2.26. The molecule has 16 heavy (non-hydrogen) atoms. The zero-order valence-corrected chi connectivity index (χ0v) is 10.8. The zero-order valence-electron chi connectivity index (χ0n) is 9.20. The Kier molecular flexibility index (Phi) is 5.42. The van der Waals surface area contributed by atoms with Crippen LogP contribution >= 0.6 is 15.9 Å². The molecule has 0 saturated carbocycles. The van der Waals surface area contributed by atoms with E-state index in [1.807, 2.05) is 6.07 Å². The van der Waals surface area contributed by atoms with E-state index in [4.69, 9.17) is 0 Å². The van der Waals surface area contributed by atoms with Crippen LogP contribution in [0.15, 0.2) is 22.7 Å². The monoisotopic (exact) mass is 286 g/mol. The maximum atomic E-state index is 10.7. The first-order valence-corrected chi connectivity index (χ1v) is 6.08. The molecule has 1 aromatic rings. The molecule has 0 amide bonds. The van der Waals surface area contributed by atoms with Crippen LogP contribution < -0.4 is 5.32 Å². The predicted octanol–water partition coefficient (Wildman–Crippen LogP) is 2.90. The summed E-state index contributed by atoms with van der Waals surface area (Å²) in [4.78, 5) is 10.3. The molecule has 0 bridgehead atoms. The van der Waals surface area contributed by atoms with E-state index in [1.54, 1.807) is 6.07 Å². The van der Waals surface area contributed by atoms with E-state index in [-0.39, 0.29) is 10.6 Å². The summed E-state index contributed by atoms with van der Waals surface area (Å²) < 4.78 is 0.596. The largest absolute Gasteiger partial charge is 0.316 e. The molecule has 0 aliphatic heterocycles. The Hall–Kier alpha value is -0.940. The highest BCUT2D eigenvalue weighted by molar-refractivity contribution is 9.10. The number of nitro groups is 1. The Morgan fingerprint density at radius 1 is 1.44 bits per heavy atom. The molecule has 1 rings (SSSR count). The van der Waals surface area contributed by atoms with E-state index >= 15 is 0 Å². The van der Waals surface area contributed by atoms with Crippen molar-refractivity contribution >= 4 is 21.6 Å². The third-order valence-corrected chi connectivity index (χ3v) is 3.17. The fourth-order valence-corrected chi connectivity index (χ4v) is 2.03. The van der Waals surface area contributed by atoms with Gasteiger partial charge in [0.25, 0.3) is 5.69 Å². The molecule has 88 valence electrons. The minimum Gasteiger partial charge on any atom is -0.316 e. The fraction of sp³-hybridized carbons (Fsp3) is 0.455. The minimum atomic E-state index is -0.368. The van der Waals surface area contributed by atoms with Crippen molar-refractivity contribution in [2.24, 2.45) is 0 Å². The number of nitrogens with one attached hydrogen (secondary N) is 1. The molecular weight excluding hydrogens is 272 g/mol. The van der Waals surface area contributed by atoms with E-state index in [9.17, 15) is 10.1 Å². The number of hydrogen-bond acceptors (Lipinski definition) is 3. The van der Waals surface area contributed by atoms with Crippen molar-refractivity contribution < 1.29 is 4.92 Å². The van der Waals surface area contributed by atoms with Gasteiger partial charge >= 0.3 is 0 Å². The van der Waals surface area contributed by atoms with Crippen molar-refractivity contribution in [1.82, 2.24) is 5.32 Å². The van der Waals surface area contributed by atoms with Gasteiger partial charge in [0, 0.05) is 6.07 Å². The smallest absolute Gasteiger partial charge is 0.283 e. The van der Waals surface area contributed by atoms with Crippen molar-refractivity contribution in [2.45, 2.75) is 19.8 Å². The first kappa shape index (κ1) is 13.1. The molecular formula is C11H15BrN2O2. The van der Waals surface area contributed by atoms with Gasteiger partial charge in [-0.25, -0.2) is 0 Å². The lowest BCUT2D eigenvalue weighted by Gasteiger charge is -2.05. The van der Waals surface area contributed by atoms with E-state index in [0.29, 0.717) is 4.47 Å². The van der Waals surface area contributed by atoms with E-state index in [1.165, 1.54) is 6.07 Å². The molecule has 1 aromatic carbocycles. The van der Waals surface area contributed by atoms with E-state index < -0.39 is 0 Å². The Morgan fingerprint density at radius 3 is 2.81 bits per heavy atom. The lowest BCUT2D eigenvalue weighted by Crippen LogP contribution is -2.18. The van der Waals surface area contributed by atoms with E-state index in [2.05, 4.69) is 28.2 Å². The summed E-state index contributed by atoms with van der Waals surface area (Å²) in [7, 11) is 0. The number of rotatable bonds is 6. The van der Waals surface area contributed by atoms with Crippen LogP contribution in [0, 0.1) is 10.1 Å². The van der Waals surface area contributed by atoms with E-state index in [0.717, 1.165) is 31.5 Å². The normalized spacial score (nSPS) is 10.4. The number of hydrogen-bond donors (Lipinski definition) is 1. The topological polar surface area (TPSA) is 55.2 Å². The van der Waals surface area contributed by atoms with Crippen LogP contribution in [-0.4, -0.2) is 18.0 Å². The van der Waals surface area contributed by atoms with Gasteiger partial charge in [0.15, 0.2) is 0 Å². The lowest BCUT2D eigenvalue weighted by atomic mass is 10.1. The Morgan fingerprint density at radius 2 is 2.19 bits per heavy atom. The zero-order chi connectivity index (χ0) is 12.0. The standard InChI is InChI=1S/C11H15BrN2O2/c1-2-7-13-8-6-9-4-3-5-10(11(9)12)14(15)16/h3-5,13H,2,6-8H2,1H3. The second kappa shape index (κ2) is 6.60. The average molecular weight is 287 g/mol. The molecule has 0 saturated heterocycles. The van der Waals surface area contributed by atoms with Crippen molar-refractivity contribution in [1.29, 1.82) is 0 Å². The van der Waals surface area contributed by atoms with Crippen molar-refractivity contribution in [3.8, 4) is 0 Å². The minimum absolute atomic E-state index is 0.132. The Balaban J connectivity index is 2.66. The van der Waals surface area contributed by atoms with Gasteiger partial charge in [0.2, 0.25) is 0 Å². The van der Waals surface area contributed by atoms with Gasteiger partial charge in [0.1, 0.15) is 0 Å². The summed E-state index contributed by atoms with van der Waals surface area (Å²) in [5, 5.41) is 14.0. The van der Waals surface area contributed by atoms with Gasteiger partial charge < -0.3 is 5.32 Å². The molecule has 5 heteroatoms. The van der Waals surface area contributed by atoms with Gasteiger partial charge in [-0.1, -0.05) is 19.1 Å². The van der Waals surface area contributed by atoms with Crippen LogP contribution in [0.5, 0.6) is 0 Å². The highest BCUT2D eigenvalue weighted by Gasteiger charge is 2.13. The second-order valence-corrected chi connectivity index (χ2v) is 4.30. The van der Waals surface area contributed by atoms with Crippen molar-refractivity contribution in [2.75, 3.05) is 13.1 Å². The van der Waals surface area contributed by atoms with Crippen LogP contribution in [0.25, 0.3) is 0 Å². The molecule has 0 fully saturated rings. The molecule has 1 N–H and O–H groups in total. The molecule has 0 unspecified atom stereocenters. The van der Waals surface area contributed by atoms with Gasteiger partial charge in [-0.2, -0.15) is 0 Å². The maximum absolute atomic E-state index is 10.7. The van der Waals surface area contributed by atoms with Crippen molar-refractivity contribution in [3.63, 3.8) is 0 Å². The van der Waals surface area contributed by atoms with Crippen molar-refractivity contribution in [3.05, 3.63) is 38.3 Å². The Bertz CT molecular complexity index is 369. The van der Waals surface area contributed by atoms with Crippen LogP contribution in [0.3, 0.4) is 0 Å². The highest BCUT2D eigenvalue weighted by Crippen LogP contribution is 2.28. The number of halogens is 1. The number of benzene rings is 1. The van der Waals surface area contributed by atoms with Crippen LogP contribution in [-0.2, 0) is 6.42 Å². The third-order valence-electron chi connectivity index (χ3n) is 2.25. The maximum Gasteiger partial charge on any atom is 0.283 e. The fourth-order valence-electron chi connectivity index (χ4n) is 1.43. The summed E-state index contributed by atoms with van der Waals surface area (Å²) in [5.41, 5.74) is 1.10. The number of nitrogens with zero attached hydrogens (tertiary/aromatic N) is 1. The molecule has 0 aliphatic rings. The van der Waals surface area contributed by atoms with Crippen LogP contribution in [0.1, 0.15) is 18.9 Å². The molecule has 0 aliphatic carbocycles. The predicted molar refractivity (Wildman–Crippen MR) is 67.7 cm³/mol. The second-order valence-electron chi connectivity index (χ2n) is 3.51. The number of nitro benzene ring substituents is 1. The summed E-state index contributed by atoms with van der Waals surface area (Å²) in [6.07, 6.45) is 1.89. The molecule has 0 heterocycles. The molecule has 0 aromatic heterocycles. The quantitative estimate of drug-likeness (QED) is 0.497. The molecule has 4 nitrogen and oxygen atoms in total. The molecule has 0 radical (unpaired) electrons. The van der Waals surface area contributed by atoms with Gasteiger partial charge in [-0.15, -0.1) is 0 Å². The molecule has 0 atom stereocenters. The SMILES string of the molecule is CCCNCCc1cccc([N+](=O)[O-])c1Br. The summed E-state index contributed by atoms with van der Waals surface area (Å²) in [6.45, 7) is 3.93. The highest BCUT2D eigenvalue weighted by atomic mass is 79.9.